The highest BCUT2D eigenvalue weighted by molar-refractivity contribution is 5.89. The Bertz CT molecular complexity index is 1200. The van der Waals surface area contributed by atoms with Crippen LogP contribution in [0.5, 0.6) is 0 Å². The van der Waals surface area contributed by atoms with Crippen LogP contribution in [0.1, 0.15) is 30.5 Å². The number of para-hydroxylation sites is 1. The highest BCUT2D eigenvalue weighted by Gasteiger charge is 2.32. The normalized spacial score (nSPS) is 11.7. The van der Waals surface area contributed by atoms with Gasteiger partial charge in [0, 0.05) is 36.7 Å². The third kappa shape index (κ3) is 7.21. The Hall–Kier alpha value is -4.07. The first-order valence-corrected chi connectivity index (χ1v) is 11.8. The fourth-order valence-electron chi connectivity index (χ4n) is 3.89. The molecular formula is C28H30FN3O4. The summed E-state index contributed by atoms with van der Waals surface area (Å²) < 4.78 is 14.6. The van der Waals surface area contributed by atoms with Crippen LogP contribution in [-0.2, 0) is 29.0 Å². The van der Waals surface area contributed by atoms with Crippen molar-refractivity contribution in [2.24, 2.45) is 5.92 Å². The lowest BCUT2D eigenvalue weighted by atomic mass is 10.0. The average molecular weight is 492 g/mol. The van der Waals surface area contributed by atoms with Gasteiger partial charge in [-0.3, -0.25) is 19.7 Å². The van der Waals surface area contributed by atoms with E-state index in [0.29, 0.717) is 6.54 Å². The maximum absolute atomic E-state index is 14.6. The van der Waals surface area contributed by atoms with Crippen LogP contribution in [0.25, 0.3) is 0 Å². The molecule has 3 aromatic carbocycles. The smallest absolute Gasteiger partial charge is 0.273 e. The van der Waals surface area contributed by atoms with Crippen molar-refractivity contribution in [3.05, 3.63) is 111 Å². The Morgan fingerprint density at radius 3 is 2.19 bits per heavy atom. The van der Waals surface area contributed by atoms with Gasteiger partial charge >= 0.3 is 0 Å². The summed E-state index contributed by atoms with van der Waals surface area (Å²) in [7, 11) is 0. The Kier molecular flexibility index (Phi) is 9.27. The number of hydrogen-bond donors (Lipinski definition) is 1. The minimum absolute atomic E-state index is 0.154. The minimum Gasteiger partial charge on any atom is -0.354 e. The number of nitro benzene ring substituents is 1. The molecule has 0 spiro atoms. The summed E-state index contributed by atoms with van der Waals surface area (Å²) >= 11 is 0. The highest BCUT2D eigenvalue weighted by atomic mass is 19.1. The predicted octanol–water partition coefficient (Wildman–Crippen LogP) is 4.69. The molecule has 0 saturated heterocycles. The van der Waals surface area contributed by atoms with Crippen molar-refractivity contribution in [2.75, 3.05) is 6.54 Å². The van der Waals surface area contributed by atoms with Gasteiger partial charge in [-0.25, -0.2) is 4.39 Å². The second-order valence-corrected chi connectivity index (χ2v) is 9.02. The highest BCUT2D eigenvalue weighted by Crippen LogP contribution is 2.22. The number of halogens is 1. The van der Waals surface area contributed by atoms with E-state index >= 15 is 0 Å². The maximum atomic E-state index is 14.6. The fourth-order valence-corrected chi connectivity index (χ4v) is 3.89. The first-order chi connectivity index (χ1) is 17.3. The van der Waals surface area contributed by atoms with Crippen LogP contribution in [0.3, 0.4) is 0 Å². The zero-order valence-electron chi connectivity index (χ0n) is 20.4. The van der Waals surface area contributed by atoms with Gasteiger partial charge in [-0.05, 0) is 17.5 Å². The molecule has 0 heterocycles. The van der Waals surface area contributed by atoms with Crippen molar-refractivity contribution < 1.29 is 18.9 Å². The summed E-state index contributed by atoms with van der Waals surface area (Å²) in [5, 5.41) is 14.4. The molecule has 1 atom stereocenters. The van der Waals surface area contributed by atoms with Crippen molar-refractivity contribution in [1.82, 2.24) is 10.2 Å². The molecule has 0 bridgehead atoms. The molecule has 3 rings (SSSR count). The van der Waals surface area contributed by atoms with Crippen LogP contribution in [0.2, 0.25) is 0 Å². The molecule has 188 valence electrons. The third-order valence-corrected chi connectivity index (χ3v) is 5.78. The lowest BCUT2D eigenvalue weighted by Gasteiger charge is -2.32. The first-order valence-electron chi connectivity index (χ1n) is 11.8. The van der Waals surface area contributed by atoms with E-state index in [1.807, 2.05) is 44.2 Å². The van der Waals surface area contributed by atoms with Crippen molar-refractivity contribution in [1.29, 1.82) is 0 Å². The molecule has 8 heteroatoms. The van der Waals surface area contributed by atoms with Crippen LogP contribution in [-0.4, -0.2) is 34.2 Å². The van der Waals surface area contributed by atoms with Crippen molar-refractivity contribution in [3.8, 4) is 0 Å². The molecule has 0 aliphatic carbocycles. The van der Waals surface area contributed by atoms with Crippen LogP contribution >= 0.6 is 0 Å². The summed E-state index contributed by atoms with van der Waals surface area (Å²) in [6.07, 6.45) is -0.0871. The number of rotatable bonds is 11. The van der Waals surface area contributed by atoms with E-state index in [-0.39, 0.29) is 48.0 Å². The molecule has 0 aliphatic heterocycles. The monoisotopic (exact) mass is 491 g/mol. The molecule has 0 fully saturated rings. The van der Waals surface area contributed by atoms with Gasteiger partial charge in [0.15, 0.2) is 0 Å². The lowest BCUT2D eigenvalue weighted by molar-refractivity contribution is -0.385. The van der Waals surface area contributed by atoms with E-state index in [9.17, 15) is 24.1 Å². The van der Waals surface area contributed by atoms with E-state index in [1.165, 1.54) is 29.2 Å². The summed E-state index contributed by atoms with van der Waals surface area (Å²) in [5.74, 6) is -1.18. The molecule has 0 saturated carbocycles. The van der Waals surface area contributed by atoms with Gasteiger partial charge < -0.3 is 10.2 Å². The van der Waals surface area contributed by atoms with E-state index in [0.717, 1.165) is 5.56 Å². The lowest BCUT2D eigenvalue weighted by Crippen LogP contribution is -2.51. The summed E-state index contributed by atoms with van der Waals surface area (Å²) in [5.41, 5.74) is 1.13. The summed E-state index contributed by atoms with van der Waals surface area (Å²) in [6, 6.07) is 20.4. The molecule has 0 aromatic heterocycles. The van der Waals surface area contributed by atoms with Crippen molar-refractivity contribution in [3.63, 3.8) is 0 Å². The van der Waals surface area contributed by atoms with Crippen LogP contribution in [0, 0.1) is 21.8 Å². The number of amides is 2. The zero-order chi connectivity index (χ0) is 26.1. The summed E-state index contributed by atoms with van der Waals surface area (Å²) in [6.45, 7) is 4.18. The fraction of sp³-hybridized carbons (Fsp3) is 0.286. The standard InChI is InChI=1S/C28H30FN3O4/c1-20(2)18-30-28(34)26(16-21-10-4-3-5-11-21)31(19-23-13-6-8-14-24(23)29)27(33)17-22-12-7-9-15-25(22)32(35)36/h3-15,20,26H,16-19H2,1-2H3,(H,30,34). The first kappa shape index (κ1) is 26.5. The molecule has 1 N–H and O–H groups in total. The van der Waals surface area contributed by atoms with Crippen molar-refractivity contribution in [2.45, 2.75) is 39.3 Å². The number of benzene rings is 3. The van der Waals surface area contributed by atoms with Gasteiger partial charge in [0.1, 0.15) is 11.9 Å². The van der Waals surface area contributed by atoms with E-state index < -0.39 is 22.7 Å². The quantitative estimate of drug-likeness (QED) is 0.311. The molecule has 7 nitrogen and oxygen atoms in total. The molecule has 1 unspecified atom stereocenters. The van der Waals surface area contributed by atoms with E-state index in [4.69, 9.17) is 0 Å². The number of nitrogens with one attached hydrogen (secondary N) is 1. The number of nitrogens with zero attached hydrogens (tertiary/aromatic N) is 2. The Morgan fingerprint density at radius 2 is 1.56 bits per heavy atom. The van der Waals surface area contributed by atoms with Gasteiger partial charge in [0.25, 0.3) is 5.69 Å². The van der Waals surface area contributed by atoms with E-state index in [1.54, 1.807) is 24.3 Å². The van der Waals surface area contributed by atoms with Gasteiger partial charge in [-0.15, -0.1) is 0 Å². The molecule has 3 aromatic rings. The Labute approximate surface area is 210 Å². The van der Waals surface area contributed by atoms with Crippen LogP contribution in [0.4, 0.5) is 10.1 Å². The van der Waals surface area contributed by atoms with Gasteiger partial charge in [-0.1, -0.05) is 80.6 Å². The van der Waals surface area contributed by atoms with Gasteiger partial charge in [-0.2, -0.15) is 0 Å². The molecule has 0 radical (unpaired) electrons. The average Bonchev–Trinajstić information content (AvgIpc) is 2.86. The number of carbonyl (C=O) groups is 2. The second kappa shape index (κ2) is 12.6. The third-order valence-electron chi connectivity index (χ3n) is 5.78. The summed E-state index contributed by atoms with van der Waals surface area (Å²) in [4.78, 5) is 39.4. The van der Waals surface area contributed by atoms with Gasteiger partial charge in [0.2, 0.25) is 11.8 Å². The van der Waals surface area contributed by atoms with Crippen molar-refractivity contribution >= 4 is 17.5 Å². The number of hydrogen-bond acceptors (Lipinski definition) is 4. The number of carbonyl (C=O) groups excluding carboxylic acids is 2. The van der Waals surface area contributed by atoms with Crippen LogP contribution in [0.15, 0.2) is 78.9 Å². The van der Waals surface area contributed by atoms with Gasteiger partial charge in [0.05, 0.1) is 11.3 Å². The number of nitro groups is 1. The molecule has 0 aliphatic rings. The van der Waals surface area contributed by atoms with E-state index in [2.05, 4.69) is 5.32 Å². The SMILES string of the molecule is CC(C)CNC(=O)C(Cc1ccccc1)N(Cc1ccccc1F)C(=O)Cc1ccccc1[N+](=O)[O-]. The molecule has 36 heavy (non-hydrogen) atoms. The Morgan fingerprint density at radius 1 is 0.944 bits per heavy atom. The minimum atomic E-state index is -0.943. The molecule has 2 amide bonds. The molecular weight excluding hydrogens is 461 g/mol. The van der Waals surface area contributed by atoms with Crippen LogP contribution < -0.4 is 5.32 Å². The zero-order valence-corrected chi connectivity index (χ0v) is 20.4. The second-order valence-electron chi connectivity index (χ2n) is 9.02. The predicted molar refractivity (Wildman–Crippen MR) is 136 cm³/mol. The Balaban J connectivity index is 2.01. The maximum Gasteiger partial charge on any atom is 0.273 e. The topological polar surface area (TPSA) is 92.6 Å². The largest absolute Gasteiger partial charge is 0.354 e.